The summed E-state index contributed by atoms with van der Waals surface area (Å²) in [6, 6.07) is 21.5. The molecular weight excluding hydrogens is 494 g/mol. The molecule has 0 aliphatic heterocycles. The zero-order valence-corrected chi connectivity index (χ0v) is 20.6. The molecule has 1 heterocycles. The Balaban J connectivity index is 1.33. The van der Waals surface area contributed by atoms with Crippen molar-refractivity contribution in [2.75, 3.05) is 5.32 Å². The topological polar surface area (TPSA) is 139 Å². The second-order valence-corrected chi connectivity index (χ2v) is 10.6. The highest BCUT2D eigenvalue weighted by Gasteiger charge is 2.51. The molecule has 5 rings (SSSR count). The predicted molar refractivity (Wildman–Crippen MR) is 136 cm³/mol. The van der Waals surface area contributed by atoms with E-state index in [2.05, 4.69) is 10.5 Å². The molecule has 0 unspecified atom stereocenters. The fraction of sp³-hybridized carbons (Fsp3) is 0.148. The molecule has 1 fully saturated rings. The first-order chi connectivity index (χ1) is 17.7. The number of anilines is 1. The molecule has 1 aliphatic rings. The normalized spacial score (nSPS) is 14.1. The van der Waals surface area contributed by atoms with E-state index in [0.717, 1.165) is 16.7 Å². The Morgan fingerprint density at radius 1 is 0.892 bits per heavy atom. The largest absolute Gasteiger partial charge is 0.481 e. The summed E-state index contributed by atoms with van der Waals surface area (Å²) >= 11 is 0. The molecule has 10 heteroatoms. The average molecular weight is 518 g/mol. The number of benzene rings is 3. The summed E-state index contributed by atoms with van der Waals surface area (Å²) in [7, 11) is -4.05. The van der Waals surface area contributed by atoms with Crippen LogP contribution in [0.3, 0.4) is 0 Å². The van der Waals surface area contributed by atoms with Crippen LogP contribution in [0.2, 0.25) is 0 Å². The van der Waals surface area contributed by atoms with Crippen LogP contribution < -0.4 is 10.0 Å². The van der Waals surface area contributed by atoms with E-state index in [1.54, 1.807) is 37.3 Å². The molecule has 0 saturated heterocycles. The van der Waals surface area contributed by atoms with Crippen LogP contribution in [0.4, 0.5) is 10.5 Å². The molecule has 1 saturated carbocycles. The van der Waals surface area contributed by atoms with Crippen molar-refractivity contribution in [2.45, 2.75) is 30.1 Å². The van der Waals surface area contributed by atoms with Crippen molar-refractivity contribution in [1.29, 1.82) is 0 Å². The van der Waals surface area contributed by atoms with E-state index in [9.17, 15) is 23.1 Å². The maximum atomic E-state index is 12.5. The van der Waals surface area contributed by atoms with Crippen LogP contribution in [-0.4, -0.2) is 30.7 Å². The van der Waals surface area contributed by atoms with Crippen LogP contribution >= 0.6 is 0 Å². The van der Waals surface area contributed by atoms with Crippen molar-refractivity contribution >= 4 is 27.7 Å². The SMILES string of the molecule is Cc1noc(-c2ccc(-c3ccc(C4(C(=O)O)CC4)cc3)cc2)c1NC(=O)NS(=O)(=O)c1ccccc1. The van der Waals surface area contributed by atoms with Crippen LogP contribution in [-0.2, 0) is 20.2 Å². The molecule has 0 atom stereocenters. The number of nitrogens with one attached hydrogen (secondary N) is 2. The summed E-state index contributed by atoms with van der Waals surface area (Å²) in [6.45, 7) is 1.63. The van der Waals surface area contributed by atoms with Crippen molar-refractivity contribution in [3.05, 3.63) is 90.1 Å². The smallest absolute Gasteiger partial charge is 0.333 e. The molecule has 3 aromatic carbocycles. The number of aliphatic carboxylic acids is 1. The quantitative estimate of drug-likeness (QED) is 0.315. The van der Waals surface area contributed by atoms with Gasteiger partial charge in [0.25, 0.3) is 10.0 Å². The fourth-order valence-corrected chi connectivity index (χ4v) is 5.11. The van der Waals surface area contributed by atoms with Gasteiger partial charge in [-0.05, 0) is 48.6 Å². The second kappa shape index (κ2) is 9.21. The molecule has 188 valence electrons. The number of hydrogen-bond donors (Lipinski definition) is 3. The molecule has 0 spiro atoms. The molecule has 1 aromatic heterocycles. The number of carbonyl (C=O) groups is 2. The number of aromatic nitrogens is 1. The number of carboxylic acids is 1. The molecule has 3 N–H and O–H groups in total. The van der Waals surface area contributed by atoms with Crippen molar-refractivity contribution in [2.24, 2.45) is 0 Å². The van der Waals surface area contributed by atoms with Crippen molar-refractivity contribution in [3.8, 4) is 22.5 Å². The Labute approximate surface area is 213 Å². The van der Waals surface area contributed by atoms with Gasteiger partial charge in [0, 0.05) is 5.56 Å². The number of aryl methyl sites for hydroxylation is 1. The number of hydrogen-bond acceptors (Lipinski definition) is 6. The van der Waals surface area contributed by atoms with E-state index in [0.29, 0.717) is 24.1 Å². The van der Waals surface area contributed by atoms with E-state index in [1.165, 1.54) is 12.1 Å². The number of carboxylic acid groups (broad SMARTS) is 1. The Morgan fingerprint density at radius 2 is 1.46 bits per heavy atom. The molecule has 37 heavy (non-hydrogen) atoms. The van der Waals surface area contributed by atoms with Gasteiger partial charge in [0.05, 0.1) is 10.3 Å². The monoisotopic (exact) mass is 517 g/mol. The Bertz CT molecular complexity index is 1570. The van der Waals surface area contributed by atoms with Crippen LogP contribution in [0, 0.1) is 6.92 Å². The number of carbonyl (C=O) groups excluding carboxylic acids is 1. The minimum atomic E-state index is -4.05. The third-order valence-corrected chi connectivity index (χ3v) is 7.81. The van der Waals surface area contributed by atoms with Gasteiger partial charge in [0.2, 0.25) is 0 Å². The first kappa shape index (κ1) is 24.3. The van der Waals surface area contributed by atoms with Crippen LogP contribution in [0.1, 0.15) is 24.1 Å². The maximum Gasteiger partial charge on any atom is 0.333 e. The van der Waals surface area contributed by atoms with Gasteiger partial charge < -0.3 is 14.9 Å². The summed E-state index contributed by atoms with van der Waals surface area (Å²) in [5.74, 6) is -0.508. The Hall–Kier alpha value is -4.44. The highest BCUT2D eigenvalue weighted by molar-refractivity contribution is 7.90. The van der Waals surface area contributed by atoms with E-state index in [4.69, 9.17) is 4.52 Å². The third-order valence-electron chi connectivity index (χ3n) is 6.46. The predicted octanol–water partition coefficient (Wildman–Crippen LogP) is 4.94. The number of nitrogens with zero attached hydrogens (tertiary/aromatic N) is 1. The van der Waals surface area contributed by atoms with Crippen molar-refractivity contribution in [3.63, 3.8) is 0 Å². The number of sulfonamides is 1. The lowest BCUT2D eigenvalue weighted by molar-refractivity contribution is -0.140. The number of amides is 2. The number of rotatable bonds is 7. The van der Waals surface area contributed by atoms with E-state index in [1.807, 2.05) is 41.1 Å². The van der Waals surface area contributed by atoms with Crippen LogP contribution in [0.15, 0.2) is 88.3 Å². The summed E-state index contributed by atoms with van der Waals surface area (Å²) in [5, 5.41) is 15.9. The van der Waals surface area contributed by atoms with E-state index < -0.39 is 27.4 Å². The summed E-state index contributed by atoms with van der Waals surface area (Å²) in [6.07, 6.45) is 1.30. The first-order valence-corrected chi connectivity index (χ1v) is 13.0. The van der Waals surface area contributed by atoms with Crippen LogP contribution in [0.5, 0.6) is 0 Å². The summed E-state index contributed by atoms with van der Waals surface area (Å²) in [5.41, 5.74) is 3.16. The number of urea groups is 1. The zero-order chi connectivity index (χ0) is 26.2. The molecule has 9 nitrogen and oxygen atoms in total. The van der Waals surface area contributed by atoms with Gasteiger partial charge in [0.15, 0.2) is 5.76 Å². The third kappa shape index (κ3) is 4.70. The Morgan fingerprint density at radius 3 is 2.03 bits per heavy atom. The van der Waals surface area contributed by atoms with Crippen molar-refractivity contribution in [1.82, 2.24) is 9.88 Å². The molecule has 1 aliphatic carbocycles. The molecular formula is C27H23N3O6S. The highest BCUT2D eigenvalue weighted by Crippen LogP contribution is 2.48. The lowest BCUT2D eigenvalue weighted by Gasteiger charge is -2.11. The minimum absolute atomic E-state index is 0.0358. The Kier molecular flexibility index (Phi) is 6.04. The van der Waals surface area contributed by atoms with Gasteiger partial charge >= 0.3 is 12.0 Å². The highest BCUT2D eigenvalue weighted by atomic mass is 32.2. The van der Waals surface area contributed by atoms with Crippen LogP contribution in [0.25, 0.3) is 22.5 Å². The molecule has 2 amide bonds. The lowest BCUT2D eigenvalue weighted by atomic mass is 9.93. The minimum Gasteiger partial charge on any atom is -0.481 e. The van der Waals surface area contributed by atoms with Gasteiger partial charge in [-0.15, -0.1) is 0 Å². The molecule has 0 bridgehead atoms. The molecule has 4 aromatic rings. The van der Waals surface area contributed by atoms with E-state index in [-0.39, 0.29) is 16.3 Å². The first-order valence-electron chi connectivity index (χ1n) is 11.5. The standard InChI is InChI=1S/C27H23N3O6S/c1-17-23(28-26(33)30-37(34,35)22-5-3-2-4-6-22)24(36-29-17)20-9-7-18(8-10-20)19-11-13-21(14-12-19)27(15-16-27)25(31)32/h2-14H,15-16H2,1H3,(H,31,32)(H2,28,30,33). The van der Waals surface area contributed by atoms with Gasteiger partial charge in [-0.25, -0.2) is 17.9 Å². The van der Waals surface area contributed by atoms with Gasteiger partial charge in [-0.2, -0.15) is 0 Å². The van der Waals surface area contributed by atoms with Gasteiger partial charge in [0.1, 0.15) is 11.4 Å². The summed E-state index contributed by atoms with van der Waals surface area (Å²) in [4.78, 5) is 24.0. The van der Waals surface area contributed by atoms with Gasteiger partial charge in [-0.3, -0.25) is 4.79 Å². The van der Waals surface area contributed by atoms with E-state index >= 15 is 0 Å². The van der Waals surface area contributed by atoms with Crippen molar-refractivity contribution < 1.29 is 27.6 Å². The maximum absolute atomic E-state index is 12.5. The fourth-order valence-electron chi connectivity index (χ4n) is 4.18. The second-order valence-electron chi connectivity index (χ2n) is 8.89. The zero-order valence-electron chi connectivity index (χ0n) is 19.8. The van der Waals surface area contributed by atoms with Gasteiger partial charge in [-0.1, -0.05) is 71.9 Å². The molecule has 0 radical (unpaired) electrons. The lowest BCUT2D eigenvalue weighted by Crippen LogP contribution is -2.34. The summed E-state index contributed by atoms with van der Waals surface area (Å²) < 4.78 is 32.3. The average Bonchev–Trinajstić information content (AvgIpc) is 3.64.